The van der Waals surface area contributed by atoms with E-state index in [2.05, 4.69) is 118 Å². The summed E-state index contributed by atoms with van der Waals surface area (Å²) in [6, 6.07) is 43.8. The zero-order chi connectivity index (χ0) is 42.3. The zero-order valence-corrected chi connectivity index (χ0v) is 35.2. The first-order valence-electron chi connectivity index (χ1n) is 21.9. The summed E-state index contributed by atoms with van der Waals surface area (Å²) in [5, 5.41) is 3.30. The van der Waals surface area contributed by atoms with Crippen molar-refractivity contribution in [3.63, 3.8) is 0 Å². The molecule has 1 aliphatic heterocycles. The van der Waals surface area contributed by atoms with Gasteiger partial charge in [0.1, 0.15) is 30.2 Å². The Morgan fingerprint density at radius 3 is 1.97 bits per heavy atom. The van der Waals surface area contributed by atoms with Crippen LogP contribution >= 0.6 is 0 Å². The molecule has 0 N–H and O–H groups in total. The lowest BCUT2D eigenvalue weighted by Crippen LogP contribution is -2.33. The largest absolute Gasteiger partial charge is 0.493 e. The van der Waals surface area contributed by atoms with Gasteiger partial charge < -0.3 is 18.5 Å². The van der Waals surface area contributed by atoms with Gasteiger partial charge in [0.2, 0.25) is 0 Å². The summed E-state index contributed by atoms with van der Waals surface area (Å²) in [5.74, 6) is 0.728. The first-order valence-corrected chi connectivity index (χ1v) is 21.9. The summed E-state index contributed by atoms with van der Waals surface area (Å²) in [4.78, 5) is 26.4. The van der Waals surface area contributed by atoms with Gasteiger partial charge in [0.05, 0.1) is 18.8 Å². The van der Waals surface area contributed by atoms with E-state index in [-0.39, 0.29) is 11.4 Å². The van der Waals surface area contributed by atoms with Crippen LogP contribution in [-0.4, -0.2) is 23.8 Å². The Balaban J connectivity index is 0.845. The maximum atomic E-state index is 13.8. The highest BCUT2D eigenvalue weighted by atomic mass is 16.5. The van der Waals surface area contributed by atoms with E-state index in [4.69, 9.17) is 13.9 Å². The number of nitrogens with zero attached hydrogens (tertiary/aromatic N) is 3. The average molecular weight is 822 g/mol. The van der Waals surface area contributed by atoms with E-state index in [0.29, 0.717) is 41.4 Å². The molecule has 0 radical (unpaired) electrons. The summed E-state index contributed by atoms with van der Waals surface area (Å²) in [6.07, 6.45) is 14.4. The fourth-order valence-corrected chi connectivity index (χ4v) is 8.49. The zero-order valence-electron chi connectivity index (χ0n) is 35.2. The van der Waals surface area contributed by atoms with Crippen LogP contribution < -0.4 is 19.3 Å². The predicted octanol–water partition coefficient (Wildman–Crippen LogP) is 11.2. The van der Waals surface area contributed by atoms with Crippen molar-refractivity contribution >= 4 is 38.7 Å². The van der Waals surface area contributed by atoms with E-state index in [0.717, 1.165) is 61.8 Å². The molecule has 7 aromatic rings. The number of benzene rings is 5. The number of carbonyl (C=O) groups is 1. The van der Waals surface area contributed by atoms with Crippen molar-refractivity contribution in [3.8, 4) is 39.3 Å². The van der Waals surface area contributed by atoms with Crippen LogP contribution in [-0.2, 0) is 24.4 Å². The number of esters is 1. The molecule has 0 amide bonds. The monoisotopic (exact) mass is 821 g/mol. The molecule has 8 heteroatoms. The van der Waals surface area contributed by atoms with Crippen LogP contribution in [0.1, 0.15) is 55.8 Å². The molecule has 4 aromatic carbocycles. The van der Waals surface area contributed by atoms with Crippen LogP contribution in [0, 0.1) is 0 Å². The van der Waals surface area contributed by atoms with E-state index in [1.165, 1.54) is 57.9 Å². The minimum absolute atomic E-state index is 0.157. The molecule has 62 heavy (non-hydrogen) atoms. The third-order valence-corrected chi connectivity index (χ3v) is 11.7. The third-order valence-electron chi connectivity index (χ3n) is 11.7. The number of ether oxygens (including phenoxy) is 2. The maximum Gasteiger partial charge on any atom is 0.338 e. The Labute approximate surface area is 361 Å². The molecule has 310 valence electrons. The van der Waals surface area contributed by atoms with Gasteiger partial charge in [-0.15, -0.1) is 0 Å². The number of carbonyl (C=O) groups excluding carboxylic acids is 1. The van der Waals surface area contributed by atoms with Crippen molar-refractivity contribution in [2.75, 3.05) is 13.2 Å². The summed E-state index contributed by atoms with van der Waals surface area (Å²) < 4.78 is 25.3. The summed E-state index contributed by atoms with van der Waals surface area (Å²) in [7, 11) is 0. The van der Waals surface area contributed by atoms with Crippen LogP contribution in [0.4, 0.5) is 0 Å². The molecule has 2 aliphatic rings. The van der Waals surface area contributed by atoms with Gasteiger partial charge in [0.25, 0.3) is 0 Å². The first-order chi connectivity index (χ1) is 30.5. The second kappa shape index (κ2) is 18.7. The fraction of sp³-hybridized carbons (Fsp3) is 0.222. The molecular weight excluding hydrogens is 771 g/mol. The number of aryl methyl sites for hydroxylation is 3. The van der Waals surface area contributed by atoms with Gasteiger partial charge in [-0.05, 0) is 78.4 Å². The Morgan fingerprint density at radius 1 is 0.613 bits per heavy atom. The van der Waals surface area contributed by atoms with E-state index in [9.17, 15) is 9.59 Å². The van der Waals surface area contributed by atoms with E-state index in [1.807, 2.05) is 36.4 Å². The number of unbranched alkanes of at least 4 members (excludes halogenated alkanes) is 3. The SMILES string of the molecule is CCCC[n+]1ccc(-c2cc[n+](CCCCOc3ccc4c(-c5ccccc5C(=O)OCCCCn5c6ccccc6c6ccccc65)c5ccc(=O)cc-5oc4c3)cc2)cc1. The molecule has 0 saturated carbocycles. The van der Waals surface area contributed by atoms with Crippen molar-refractivity contribution in [3.05, 3.63) is 174 Å². The van der Waals surface area contributed by atoms with Crippen LogP contribution in [0.2, 0.25) is 0 Å². The van der Waals surface area contributed by atoms with Crippen molar-refractivity contribution in [1.82, 2.24) is 4.57 Å². The van der Waals surface area contributed by atoms with Gasteiger partial charge in [-0.25, -0.2) is 13.9 Å². The molecule has 1 aliphatic carbocycles. The number of aromatic nitrogens is 3. The summed E-state index contributed by atoms with van der Waals surface area (Å²) >= 11 is 0. The van der Waals surface area contributed by atoms with Gasteiger partial charge in [0.15, 0.2) is 30.2 Å². The first kappa shape index (κ1) is 40.4. The number of para-hydroxylation sites is 2. The molecule has 8 nitrogen and oxygen atoms in total. The summed E-state index contributed by atoms with van der Waals surface area (Å²) in [6.45, 7) is 5.82. The second-order valence-corrected chi connectivity index (χ2v) is 15.9. The van der Waals surface area contributed by atoms with E-state index >= 15 is 0 Å². The minimum atomic E-state index is -0.388. The molecule has 0 spiro atoms. The smallest absolute Gasteiger partial charge is 0.338 e. The fourth-order valence-electron chi connectivity index (χ4n) is 8.49. The molecule has 3 aromatic heterocycles. The highest BCUT2D eigenvalue weighted by Crippen LogP contribution is 2.42. The Hall–Kier alpha value is -7.06. The minimum Gasteiger partial charge on any atom is -0.493 e. The van der Waals surface area contributed by atoms with Gasteiger partial charge in [-0.2, -0.15) is 0 Å². The number of hydrogen-bond acceptors (Lipinski definition) is 5. The Bertz CT molecular complexity index is 2950. The van der Waals surface area contributed by atoms with Crippen molar-refractivity contribution in [2.45, 2.75) is 65.1 Å². The maximum absolute atomic E-state index is 13.8. The van der Waals surface area contributed by atoms with E-state index < -0.39 is 0 Å². The van der Waals surface area contributed by atoms with Crippen LogP contribution in [0.5, 0.6) is 5.75 Å². The number of fused-ring (bicyclic) bond motifs is 5. The summed E-state index contributed by atoms with van der Waals surface area (Å²) in [5.41, 5.74) is 7.96. The molecule has 0 atom stereocenters. The third kappa shape index (κ3) is 8.73. The normalized spacial score (nSPS) is 11.5. The lowest BCUT2D eigenvalue weighted by Gasteiger charge is -2.18. The molecular formula is C54H51N3O5+2. The van der Waals surface area contributed by atoms with Crippen LogP contribution in [0.25, 0.3) is 66.4 Å². The molecule has 4 heterocycles. The standard InChI is InChI=1S/C54H51N3O5/c1-2-3-28-55-31-24-39(25-32-55)40-26-33-56(34-27-40)29-10-12-35-60-42-21-23-48-52(38-42)62-51-37-41(58)20-22-47(51)53(48)45-16-4-5-17-46(45)54(59)61-36-13-11-30-57-49-18-8-6-14-43(49)44-15-7-9-19-50(44)57/h4-9,14-27,31-34,37-38H,2-3,10-13,28-30,35-36H2,1H3/q+2. The number of hydrogen-bond donors (Lipinski definition) is 0. The van der Waals surface area contributed by atoms with Crippen molar-refractivity contribution in [2.24, 2.45) is 0 Å². The van der Waals surface area contributed by atoms with Gasteiger partial charge in [0, 0.05) is 94.1 Å². The van der Waals surface area contributed by atoms with E-state index in [1.54, 1.807) is 12.1 Å². The topological polar surface area (TPSA) is 78.4 Å². The van der Waals surface area contributed by atoms with Crippen LogP contribution in [0.15, 0.2) is 167 Å². The molecule has 0 unspecified atom stereocenters. The average Bonchev–Trinajstić information content (AvgIpc) is 3.63. The number of pyridine rings is 2. The van der Waals surface area contributed by atoms with Crippen molar-refractivity contribution < 1.29 is 27.8 Å². The van der Waals surface area contributed by atoms with Gasteiger partial charge in [-0.1, -0.05) is 67.9 Å². The molecule has 0 fully saturated rings. The molecule has 0 saturated heterocycles. The van der Waals surface area contributed by atoms with Gasteiger partial charge >= 0.3 is 5.97 Å². The lowest BCUT2D eigenvalue weighted by atomic mass is 9.91. The Morgan fingerprint density at radius 2 is 1.26 bits per heavy atom. The number of rotatable bonds is 17. The highest BCUT2D eigenvalue weighted by Gasteiger charge is 2.23. The molecule has 0 bridgehead atoms. The van der Waals surface area contributed by atoms with Crippen LogP contribution in [0.3, 0.4) is 0 Å². The predicted molar refractivity (Wildman–Crippen MR) is 245 cm³/mol. The molecule has 9 rings (SSSR count). The van der Waals surface area contributed by atoms with Crippen molar-refractivity contribution in [1.29, 1.82) is 0 Å². The Kier molecular flexibility index (Phi) is 12.2. The highest BCUT2D eigenvalue weighted by molar-refractivity contribution is 6.09. The second-order valence-electron chi connectivity index (χ2n) is 15.9. The van der Waals surface area contributed by atoms with Gasteiger partial charge in [-0.3, -0.25) is 4.79 Å². The lowest BCUT2D eigenvalue weighted by molar-refractivity contribution is -0.697. The quantitative estimate of drug-likeness (QED) is 0.0396.